The number of likely N-dealkylation sites (tertiary alicyclic amines) is 1. The van der Waals surface area contributed by atoms with Crippen molar-refractivity contribution >= 4 is 22.4 Å². The van der Waals surface area contributed by atoms with E-state index in [1.165, 1.54) is 12.1 Å². The van der Waals surface area contributed by atoms with Gasteiger partial charge in [0.05, 0.1) is 30.6 Å². The van der Waals surface area contributed by atoms with Crippen molar-refractivity contribution in [1.82, 2.24) is 9.97 Å². The number of para-hydroxylation sites is 1. The Morgan fingerprint density at radius 1 is 1.07 bits per heavy atom. The summed E-state index contributed by atoms with van der Waals surface area (Å²) >= 11 is 0. The molecule has 4 rings (SSSR count). The van der Waals surface area contributed by atoms with Crippen LogP contribution in [0.25, 0.3) is 22.3 Å². The molecule has 28 heavy (non-hydrogen) atoms. The zero-order valence-corrected chi connectivity index (χ0v) is 16.1. The Morgan fingerprint density at radius 3 is 2.43 bits per heavy atom. The van der Waals surface area contributed by atoms with Crippen molar-refractivity contribution in [3.63, 3.8) is 0 Å². The lowest BCUT2D eigenvalue weighted by Crippen LogP contribution is -3.10. The second kappa shape index (κ2) is 7.52. The van der Waals surface area contributed by atoms with Crippen LogP contribution in [0.2, 0.25) is 0 Å². The zero-order valence-electron chi connectivity index (χ0n) is 16.1. The minimum Gasteiger partial charge on any atom is -0.356 e. The van der Waals surface area contributed by atoms with E-state index in [4.69, 9.17) is 9.97 Å². The van der Waals surface area contributed by atoms with Crippen LogP contribution in [-0.4, -0.2) is 48.1 Å². The Morgan fingerprint density at radius 2 is 1.75 bits per heavy atom. The monoisotopic (exact) mass is 378 g/mol. The molecular weight excluding hydrogens is 354 g/mol. The van der Waals surface area contributed by atoms with Crippen molar-refractivity contribution in [3.8, 4) is 11.4 Å². The van der Waals surface area contributed by atoms with Crippen LogP contribution in [0.1, 0.15) is 12.8 Å². The summed E-state index contributed by atoms with van der Waals surface area (Å²) in [5.74, 6) is 1.51. The van der Waals surface area contributed by atoms with E-state index in [0.29, 0.717) is 11.9 Å². The summed E-state index contributed by atoms with van der Waals surface area (Å²) in [5, 5.41) is 12.0. The number of nitrogens with zero attached hydrogens (tertiary/aromatic N) is 4. The maximum Gasteiger partial charge on any atom is 0.269 e. The molecule has 2 aromatic carbocycles. The highest BCUT2D eigenvalue weighted by Crippen LogP contribution is 2.29. The molecule has 0 unspecified atom stereocenters. The Bertz CT molecular complexity index is 997. The van der Waals surface area contributed by atoms with E-state index in [1.807, 2.05) is 18.2 Å². The molecule has 0 spiro atoms. The average Bonchev–Trinajstić information content (AvgIpc) is 2.73. The van der Waals surface area contributed by atoms with E-state index in [1.54, 1.807) is 17.0 Å². The number of piperidine rings is 1. The summed E-state index contributed by atoms with van der Waals surface area (Å²) in [7, 11) is 4.35. The molecule has 0 aliphatic carbocycles. The van der Waals surface area contributed by atoms with Gasteiger partial charge in [-0.1, -0.05) is 12.1 Å². The number of hydrogen-bond donors (Lipinski definition) is 1. The average molecular weight is 378 g/mol. The smallest absolute Gasteiger partial charge is 0.269 e. The highest BCUT2D eigenvalue weighted by molar-refractivity contribution is 5.91. The number of non-ortho nitro benzene ring substituents is 1. The number of nitro benzene ring substituents is 1. The molecule has 1 N–H and O–H groups in total. The zero-order chi connectivity index (χ0) is 19.7. The number of aromatic nitrogens is 2. The standard InChI is InChI=1S/C21H23N5O2/c1-24-13-11-16(12-14-24)25(2)21-18-5-3-4-6-19(18)22-20(23-21)15-7-9-17(10-8-15)26(27)28/h3-10,16H,11-14H2,1-2H3/p+1. The van der Waals surface area contributed by atoms with Gasteiger partial charge in [0.1, 0.15) is 5.82 Å². The second-order valence-electron chi connectivity index (χ2n) is 7.49. The van der Waals surface area contributed by atoms with E-state index in [2.05, 4.69) is 25.1 Å². The second-order valence-corrected chi connectivity index (χ2v) is 7.49. The normalized spacial score (nSPS) is 19.5. The van der Waals surface area contributed by atoms with Gasteiger partial charge in [-0.05, 0) is 24.3 Å². The lowest BCUT2D eigenvalue weighted by atomic mass is 10.0. The van der Waals surface area contributed by atoms with Crippen LogP contribution in [-0.2, 0) is 0 Å². The molecule has 1 aliphatic rings. The Hall–Kier alpha value is -3.06. The van der Waals surface area contributed by atoms with Gasteiger partial charge in [0, 0.05) is 49.0 Å². The first-order valence-electron chi connectivity index (χ1n) is 9.58. The van der Waals surface area contributed by atoms with Gasteiger partial charge in [0.15, 0.2) is 5.82 Å². The highest BCUT2D eigenvalue weighted by Gasteiger charge is 2.25. The number of rotatable bonds is 4. The molecule has 3 aromatic rings. The largest absolute Gasteiger partial charge is 0.356 e. The first-order chi connectivity index (χ1) is 13.5. The van der Waals surface area contributed by atoms with Crippen molar-refractivity contribution in [2.75, 3.05) is 32.1 Å². The van der Waals surface area contributed by atoms with Gasteiger partial charge in [-0.15, -0.1) is 0 Å². The quantitative estimate of drug-likeness (QED) is 0.557. The van der Waals surface area contributed by atoms with Crippen LogP contribution in [0.3, 0.4) is 0 Å². The molecule has 1 saturated heterocycles. The third-order valence-electron chi connectivity index (χ3n) is 5.61. The molecule has 1 aliphatic heterocycles. The molecule has 0 atom stereocenters. The minimum atomic E-state index is -0.397. The van der Waals surface area contributed by atoms with Crippen molar-refractivity contribution in [1.29, 1.82) is 0 Å². The molecule has 1 aromatic heterocycles. The lowest BCUT2D eigenvalue weighted by Gasteiger charge is -2.34. The summed E-state index contributed by atoms with van der Waals surface area (Å²) in [6.07, 6.45) is 2.26. The Labute approximate surface area is 163 Å². The van der Waals surface area contributed by atoms with E-state index in [0.717, 1.165) is 48.2 Å². The summed E-state index contributed by atoms with van der Waals surface area (Å²) in [6, 6.07) is 14.9. The van der Waals surface area contributed by atoms with Crippen molar-refractivity contribution in [2.24, 2.45) is 0 Å². The lowest BCUT2D eigenvalue weighted by molar-refractivity contribution is -0.884. The predicted octanol–water partition coefficient (Wildman–Crippen LogP) is 2.32. The number of anilines is 1. The number of fused-ring (bicyclic) bond motifs is 1. The maximum absolute atomic E-state index is 10.9. The molecule has 1 fully saturated rings. The van der Waals surface area contributed by atoms with Gasteiger partial charge < -0.3 is 9.80 Å². The van der Waals surface area contributed by atoms with E-state index in [-0.39, 0.29) is 5.69 Å². The van der Waals surface area contributed by atoms with Crippen LogP contribution < -0.4 is 9.80 Å². The van der Waals surface area contributed by atoms with Crippen LogP contribution >= 0.6 is 0 Å². The number of hydrogen-bond acceptors (Lipinski definition) is 5. The summed E-state index contributed by atoms with van der Waals surface area (Å²) in [5.41, 5.74) is 1.72. The third kappa shape index (κ3) is 3.53. The Balaban J connectivity index is 1.76. The summed E-state index contributed by atoms with van der Waals surface area (Å²) in [4.78, 5) is 24.0. The van der Waals surface area contributed by atoms with Gasteiger partial charge in [0.25, 0.3) is 5.69 Å². The fraction of sp³-hybridized carbons (Fsp3) is 0.333. The summed E-state index contributed by atoms with van der Waals surface area (Å²) < 4.78 is 0. The van der Waals surface area contributed by atoms with Gasteiger partial charge in [0.2, 0.25) is 0 Å². The van der Waals surface area contributed by atoms with Gasteiger partial charge in [-0.25, -0.2) is 9.97 Å². The molecular formula is C21H24N5O2+. The molecule has 0 bridgehead atoms. The third-order valence-corrected chi connectivity index (χ3v) is 5.61. The first kappa shape index (κ1) is 18.3. The van der Waals surface area contributed by atoms with E-state index in [9.17, 15) is 10.1 Å². The topological polar surface area (TPSA) is 76.6 Å². The molecule has 144 valence electrons. The SMILES string of the molecule is CN(c1nc(-c2ccc([N+](=O)[O-])cc2)nc2ccccc12)C1CC[NH+](C)CC1. The number of quaternary nitrogens is 1. The highest BCUT2D eigenvalue weighted by atomic mass is 16.6. The van der Waals surface area contributed by atoms with Crippen LogP contribution in [0.4, 0.5) is 11.5 Å². The molecule has 0 amide bonds. The van der Waals surface area contributed by atoms with Crippen molar-refractivity contribution < 1.29 is 9.82 Å². The number of nitrogens with one attached hydrogen (secondary N) is 1. The van der Waals surface area contributed by atoms with Crippen LogP contribution in [0.15, 0.2) is 48.5 Å². The maximum atomic E-state index is 10.9. The van der Waals surface area contributed by atoms with Gasteiger partial charge in [-0.2, -0.15) is 0 Å². The number of benzene rings is 2. The molecule has 0 saturated carbocycles. The molecule has 2 heterocycles. The van der Waals surface area contributed by atoms with E-state index < -0.39 is 4.92 Å². The molecule has 0 radical (unpaired) electrons. The van der Waals surface area contributed by atoms with Crippen LogP contribution in [0.5, 0.6) is 0 Å². The van der Waals surface area contributed by atoms with Crippen molar-refractivity contribution in [2.45, 2.75) is 18.9 Å². The predicted molar refractivity (Wildman–Crippen MR) is 110 cm³/mol. The van der Waals surface area contributed by atoms with Gasteiger partial charge in [-0.3, -0.25) is 10.1 Å². The fourth-order valence-electron chi connectivity index (χ4n) is 3.85. The Kier molecular flexibility index (Phi) is 4.92. The number of nitro groups is 1. The fourth-order valence-corrected chi connectivity index (χ4v) is 3.85. The van der Waals surface area contributed by atoms with Gasteiger partial charge >= 0.3 is 0 Å². The molecule has 7 heteroatoms. The minimum absolute atomic E-state index is 0.0655. The molecule has 7 nitrogen and oxygen atoms in total. The van der Waals surface area contributed by atoms with E-state index >= 15 is 0 Å². The first-order valence-corrected chi connectivity index (χ1v) is 9.58. The van der Waals surface area contributed by atoms with Crippen molar-refractivity contribution in [3.05, 3.63) is 58.6 Å². The summed E-state index contributed by atoms with van der Waals surface area (Å²) in [6.45, 7) is 2.32. The van der Waals surface area contributed by atoms with Crippen LogP contribution in [0, 0.1) is 10.1 Å².